The third kappa shape index (κ3) is 5.15. The highest BCUT2D eigenvalue weighted by Gasteiger charge is 2.18. The van der Waals surface area contributed by atoms with Gasteiger partial charge in [-0.25, -0.2) is 12.8 Å². The summed E-state index contributed by atoms with van der Waals surface area (Å²) in [5.74, 6) is -0.217. The molecule has 0 unspecified atom stereocenters. The van der Waals surface area contributed by atoms with Gasteiger partial charge in [-0.05, 0) is 54.4 Å². The topological polar surface area (TPSA) is 84.5 Å². The van der Waals surface area contributed by atoms with Crippen molar-refractivity contribution < 1.29 is 22.3 Å². The lowest BCUT2D eigenvalue weighted by Crippen LogP contribution is -2.27. The van der Waals surface area contributed by atoms with Gasteiger partial charge in [0.05, 0.1) is 23.3 Å². The highest BCUT2D eigenvalue weighted by molar-refractivity contribution is 7.92. The fourth-order valence-corrected chi connectivity index (χ4v) is 3.98. The summed E-state index contributed by atoms with van der Waals surface area (Å²) in [6.45, 7) is 0.345. The van der Waals surface area contributed by atoms with Gasteiger partial charge in [0, 0.05) is 6.54 Å². The Morgan fingerprint density at radius 3 is 2.37 bits per heavy atom. The molecule has 0 aliphatic heterocycles. The highest BCUT2D eigenvalue weighted by Crippen LogP contribution is 2.21. The van der Waals surface area contributed by atoms with Crippen molar-refractivity contribution in [3.8, 4) is 5.75 Å². The number of carbonyl (C=O) groups excluding carboxylic acids is 1. The molecule has 156 valence electrons. The van der Waals surface area contributed by atoms with E-state index in [-0.39, 0.29) is 16.1 Å². The number of nitrogens with one attached hydrogen (secondary N) is 2. The number of rotatable bonds is 8. The van der Waals surface area contributed by atoms with Gasteiger partial charge in [-0.3, -0.25) is 9.52 Å². The van der Waals surface area contributed by atoms with Crippen molar-refractivity contribution in [3.63, 3.8) is 0 Å². The third-order valence-corrected chi connectivity index (χ3v) is 5.79. The van der Waals surface area contributed by atoms with Crippen molar-refractivity contribution in [3.05, 3.63) is 89.7 Å². The molecule has 0 spiro atoms. The fourth-order valence-electron chi connectivity index (χ4n) is 2.90. The maximum atomic E-state index is 13.1. The van der Waals surface area contributed by atoms with E-state index in [0.29, 0.717) is 13.0 Å². The summed E-state index contributed by atoms with van der Waals surface area (Å²) in [4.78, 5) is 12.5. The molecule has 0 heterocycles. The van der Waals surface area contributed by atoms with Crippen LogP contribution in [0.4, 0.5) is 10.1 Å². The molecule has 2 N–H and O–H groups in total. The van der Waals surface area contributed by atoms with Crippen LogP contribution in [0, 0.1) is 5.82 Å². The number of methoxy groups -OCH3 is 1. The summed E-state index contributed by atoms with van der Waals surface area (Å²) in [5, 5.41) is 2.79. The van der Waals surface area contributed by atoms with E-state index in [1.807, 2.05) is 24.3 Å². The van der Waals surface area contributed by atoms with Crippen molar-refractivity contribution >= 4 is 21.6 Å². The van der Waals surface area contributed by atoms with E-state index in [4.69, 9.17) is 4.74 Å². The largest absolute Gasteiger partial charge is 0.496 e. The van der Waals surface area contributed by atoms with Crippen LogP contribution in [0.1, 0.15) is 15.9 Å². The molecule has 1 amide bonds. The van der Waals surface area contributed by atoms with Crippen LogP contribution >= 0.6 is 0 Å². The number of halogens is 1. The molecule has 3 aromatic rings. The predicted octanol–water partition coefficient (Wildman–Crippen LogP) is 3.61. The van der Waals surface area contributed by atoms with E-state index in [9.17, 15) is 17.6 Å². The van der Waals surface area contributed by atoms with Crippen molar-refractivity contribution in [1.82, 2.24) is 5.32 Å². The van der Waals surface area contributed by atoms with E-state index >= 15 is 0 Å². The van der Waals surface area contributed by atoms with Crippen LogP contribution in [0.5, 0.6) is 5.75 Å². The Morgan fingerprint density at radius 2 is 1.63 bits per heavy atom. The minimum Gasteiger partial charge on any atom is -0.496 e. The van der Waals surface area contributed by atoms with E-state index in [1.165, 1.54) is 12.1 Å². The normalized spacial score (nSPS) is 11.0. The van der Waals surface area contributed by atoms with Gasteiger partial charge in [0.2, 0.25) is 0 Å². The zero-order valence-corrected chi connectivity index (χ0v) is 17.1. The maximum absolute atomic E-state index is 13.1. The van der Waals surface area contributed by atoms with E-state index in [2.05, 4.69) is 10.0 Å². The first-order valence-electron chi connectivity index (χ1n) is 9.18. The minimum atomic E-state index is -3.97. The summed E-state index contributed by atoms with van der Waals surface area (Å²) < 4.78 is 45.9. The molecule has 8 heteroatoms. The van der Waals surface area contributed by atoms with Gasteiger partial charge in [0.25, 0.3) is 15.9 Å². The van der Waals surface area contributed by atoms with Crippen LogP contribution in [-0.2, 0) is 16.4 Å². The highest BCUT2D eigenvalue weighted by atomic mass is 32.2. The third-order valence-electron chi connectivity index (χ3n) is 4.41. The first kappa shape index (κ1) is 21.3. The van der Waals surface area contributed by atoms with Crippen molar-refractivity contribution in [1.29, 1.82) is 0 Å². The SMILES string of the molecule is COc1ccccc1CCNC(=O)c1ccccc1NS(=O)(=O)c1ccc(F)cc1. The number of anilines is 1. The van der Waals surface area contributed by atoms with Gasteiger partial charge in [-0.1, -0.05) is 30.3 Å². The van der Waals surface area contributed by atoms with Crippen LogP contribution in [0.2, 0.25) is 0 Å². The molecule has 0 saturated carbocycles. The van der Waals surface area contributed by atoms with Crippen molar-refractivity contribution in [2.24, 2.45) is 0 Å². The number of amides is 1. The lowest BCUT2D eigenvalue weighted by Gasteiger charge is -2.13. The number of hydrogen-bond donors (Lipinski definition) is 2. The Labute approximate surface area is 174 Å². The van der Waals surface area contributed by atoms with Gasteiger partial charge < -0.3 is 10.1 Å². The molecule has 0 saturated heterocycles. The van der Waals surface area contributed by atoms with E-state index < -0.39 is 21.7 Å². The van der Waals surface area contributed by atoms with Crippen LogP contribution in [0.25, 0.3) is 0 Å². The van der Waals surface area contributed by atoms with E-state index in [0.717, 1.165) is 35.6 Å². The zero-order valence-electron chi connectivity index (χ0n) is 16.3. The van der Waals surface area contributed by atoms with Crippen LogP contribution in [0.3, 0.4) is 0 Å². The van der Waals surface area contributed by atoms with Crippen molar-refractivity contribution in [2.45, 2.75) is 11.3 Å². The number of hydrogen-bond acceptors (Lipinski definition) is 4. The molecule has 0 aliphatic rings. The Balaban J connectivity index is 1.71. The summed E-state index contributed by atoms with van der Waals surface area (Å²) in [6, 6.07) is 18.2. The predicted molar refractivity (Wildman–Crippen MR) is 113 cm³/mol. The molecule has 0 atom stereocenters. The smallest absolute Gasteiger partial charge is 0.261 e. The Hall–Kier alpha value is -3.39. The lowest BCUT2D eigenvalue weighted by atomic mass is 10.1. The molecule has 0 radical (unpaired) electrons. The fraction of sp³-hybridized carbons (Fsp3) is 0.136. The van der Waals surface area contributed by atoms with Gasteiger partial charge in [-0.15, -0.1) is 0 Å². The lowest BCUT2D eigenvalue weighted by molar-refractivity contribution is 0.0955. The number of ether oxygens (including phenoxy) is 1. The van der Waals surface area contributed by atoms with Crippen molar-refractivity contribution in [2.75, 3.05) is 18.4 Å². The average molecular weight is 428 g/mol. The molecular weight excluding hydrogens is 407 g/mol. The molecule has 0 fully saturated rings. The molecule has 6 nitrogen and oxygen atoms in total. The van der Waals surface area contributed by atoms with Gasteiger partial charge in [0.15, 0.2) is 0 Å². The monoisotopic (exact) mass is 428 g/mol. The number of sulfonamides is 1. The molecule has 3 aromatic carbocycles. The first-order valence-corrected chi connectivity index (χ1v) is 10.7. The van der Waals surface area contributed by atoms with Crippen LogP contribution in [0.15, 0.2) is 77.7 Å². The maximum Gasteiger partial charge on any atom is 0.261 e. The second kappa shape index (κ2) is 9.41. The quantitative estimate of drug-likeness (QED) is 0.574. The molecule has 0 bridgehead atoms. The van der Waals surface area contributed by atoms with E-state index in [1.54, 1.807) is 19.2 Å². The zero-order chi connectivity index (χ0) is 21.6. The summed E-state index contributed by atoms with van der Waals surface area (Å²) in [5.41, 5.74) is 1.27. The Bertz CT molecular complexity index is 1130. The van der Waals surface area contributed by atoms with Gasteiger partial charge >= 0.3 is 0 Å². The molecule has 3 rings (SSSR count). The van der Waals surface area contributed by atoms with Gasteiger partial charge in [-0.2, -0.15) is 0 Å². The molecule has 0 aliphatic carbocycles. The molecular formula is C22H21FN2O4S. The summed E-state index contributed by atoms with van der Waals surface area (Å²) >= 11 is 0. The number of para-hydroxylation sites is 2. The Morgan fingerprint density at radius 1 is 0.967 bits per heavy atom. The molecule has 0 aromatic heterocycles. The molecule has 30 heavy (non-hydrogen) atoms. The Kier molecular flexibility index (Phi) is 6.68. The summed E-state index contributed by atoms with van der Waals surface area (Å²) in [7, 11) is -2.39. The van der Waals surface area contributed by atoms with Gasteiger partial charge in [0.1, 0.15) is 11.6 Å². The standard InChI is InChI=1S/C22H21FN2O4S/c1-29-21-9-5-2-6-16(21)14-15-24-22(26)19-7-3-4-8-20(19)25-30(27,28)18-12-10-17(23)11-13-18/h2-13,25H,14-15H2,1H3,(H,24,26). The van der Waals surface area contributed by atoms with Crippen LogP contribution < -0.4 is 14.8 Å². The summed E-state index contributed by atoms with van der Waals surface area (Å²) in [6.07, 6.45) is 0.555. The average Bonchev–Trinajstić information content (AvgIpc) is 2.74. The minimum absolute atomic E-state index is 0.102. The van der Waals surface area contributed by atoms with Crippen LogP contribution in [-0.4, -0.2) is 28.0 Å². The number of benzene rings is 3. The first-order chi connectivity index (χ1) is 14.4. The second-order valence-corrected chi connectivity index (χ2v) is 8.11. The second-order valence-electron chi connectivity index (χ2n) is 6.42. The number of carbonyl (C=O) groups is 1.